The van der Waals surface area contributed by atoms with E-state index in [1.165, 1.54) is 25.5 Å². The number of benzene rings is 1. The fraction of sp³-hybridized carbons (Fsp3) is 0.435. The molecule has 4 rings (SSSR count). The zero-order chi connectivity index (χ0) is 20.9. The van der Waals surface area contributed by atoms with Crippen LogP contribution in [0.2, 0.25) is 0 Å². The summed E-state index contributed by atoms with van der Waals surface area (Å²) in [6, 6.07) is 10.2. The Balaban J connectivity index is 1.25. The molecule has 2 aliphatic carbocycles. The van der Waals surface area contributed by atoms with Gasteiger partial charge in [0, 0.05) is 6.42 Å². The Labute approximate surface area is 175 Å². The fourth-order valence-electron chi connectivity index (χ4n) is 4.70. The van der Waals surface area contributed by atoms with E-state index >= 15 is 0 Å². The molecule has 1 aromatic heterocycles. The summed E-state index contributed by atoms with van der Waals surface area (Å²) in [7, 11) is 0. The molecule has 3 atom stereocenters. The fourth-order valence-corrected chi connectivity index (χ4v) is 4.70. The van der Waals surface area contributed by atoms with Crippen molar-refractivity contribution in [2.45, 2.75) is 38.6 Å². The molecule has 0 unspecified atom stereocenters. The first kappa shape index (κ1) is 20.2. The number of hydrogen-bond acceptors (Lipinski definition) is 5. The molecule has 7 nitrogen and oxygen atoms in total. The summed E-state index contributed by atoms with van der Waals surface area (Å²) in [5.74, 6) is 1.31. The highest BCUT2D eigenvalue weighted by atomic mass is 16.5. The van der Waals surface area contributed by atoms with Gasteiger partial charge in [0.15, 0.2) is 6.61 Å². The van der Waals surface area contributed by atoms with Crippen LogP contribution < -0.4 is 10.6 Å². The third-order valence-corrected chi connectivity index (χ3v) is 6.13. The number of fused-ring (bicyclic) bond motifs is 2. The summed E-state index contributed by atoms with van der Waals surface area (Å²) in [4.78, 5) is 36.9. The third-order valence-electron chi connectivity index (χ3n) is 6.13. The number of anilines is 1. The first-order chi connectivity index (χ1) is 14.6. The van der Waals surface area contributed by atoms with Crippen molar-refractivity contribution < 1.29 is 23.5 Å². The van der Waals surface area contributed by atoms with Gasteiger partial charge in [0.25, 0.3) is 11.8 Å². The topological polar surface area (TPSA) is 97.6 Å². The quantitative estimate of drug-likeness (QED) is 0.649. The van der Waals surface area contributed by atoms with Crippen molar-refractivity contribution in [2.24, 2.45) is 17.8 Å². The van der Waals surface area contributed by atoms with Crippen LogP contribution in [0.1, 0.15) is 48.2 Å². The number of esters is 1. The summed E-state index contributed by atoms with van der Waals surface area (Å²) in [6.07, 6.45) is 6.76. The molecule has 7 heteroatoms. The van der Waals surface area contributed by atoms with Crippen LogP contribution in [0.15, 0.2) is 47.1 Å². The predicted molar refractivity (Wildman–Crippen MR) is 109 cm³/mol. The van der Waals surface area contributed by atoms with Gasteiger partial charge in [0.1, 0.15) is 5.76 Å². The van der Waals surface area contributed by atoms with Crippen LogP contribution >= 0.6 is 0 Å². The lowest BCUT2D eigenvalue weighted by atomic mass is 9.86. The van der Waals surface area contributed by atoms with Crippen LogP contribution in [0, 0.1) is 17.8 Å². The lowest BCUT2D eigenvalue weighted by Gasteiger charge is -2.20. The number of rotatable bonds is 8. The molecule has 0 aliphatic heterocycles. The Bertz CT molecular complexity index is 908. The zero-order valence-electron chi connectivity index (χ0n) is 16.8. The van der Waals surface area contributed by atoms with E-state index in [0.29, 0.717) is 35.3 Å². The number of carbonyl (C=O) groups is 3. The molecule has 0 radical (unpaired) electrons. The summed E-state index contributed by atoms with van der Waals surface area (Å²) < 4.78 is 10.4. The third kappa shape index (κ3) is 4.90. The van der Waals surface area contributed by atoms with Crippen LogP contribution in [-0.2, 0) is 20.9 Å². The zero-order valence-corrected chi connectivity index (χ0v) is 16.8. The van der Waals surface area contributed by atoms with E-state index in [0.717, 1.165) is 12.3 Å². The second-order valence-electron chi connectivity index (χ2n) is 8.16. The SMILES string of the molecule is O=C(COC(=O)C[C@@H]1C[C@@H]2CC[C@@H]1C2)Nc1ccccc1C(=O)NCc1ccco1. The van der Waals surface area contributed by atoms with Crippen LogP contribution in [0.4, 0.5) is 5.69 Å². The van der Waals surface area contributed by atoms with Crippen molar-refractivity contribution in [1.29, 1.82) is 0 Å². The summed E-state index contributed by atoms with van der Waals surface area (Å²) in [5, 5.41) is 5.41. The van der Waals surface area contributed by atoms with Gasteiger partial charge in [-0.25, -0.2) is 0 Å². The van der Waals surface area contributed by atoms with E-state index in [4.69, 9.17) is 9.15 Å². The molecule has 0 saturated heterocycles. The van der Waals surface area contributed by atoms with Crippen molar-refractivity contribution in [1.82, 2.24) is 5.32 Å². The highest BCUT2D eigenvalue weighted by molar-refractivity contribution is 6.04. The number of amides is 2. The Kier molecular flexibility index (Phi) is 6.16. The van der Waals surface area contributed by atoms with Gasteiger partial charge in [-0.1, -0.05) is 18.6 Å². The molecule has 0 spiro atoms. The molecule has 2 N–H and O–H groups in total. The summed E-state index contributed by atoms with van der Waals surface area (Å²) in [5.41, 5.74) is 0.689. The second kappa shape index (κ2) is 9.15. The largest absolute Gasteiger partial charge is 0.467 e. The molecule has 2 aromatic rings. The van der Waals surface area contributed by atoms with Gasteiger partial charge in [0.2, 0.25) is 0 Å². The minimum absolute atomic E-state index is 0.245. The van der Waals surface area contributed by atoms with E-state index in [1.807, 2.05) is 0 Å². The Morgan fingerprint density at radius 1 is 1.07 bits per heavy atom. The maximum Gasteiger partial charge on any atom is 0.306 e. The highest BCUT2D eigenvalue weighted by Crippen LogP contribution is 2.49. The van der Waals surface area contributed by atoms with Gasteiger partial charge in [-0.3, -0.25) is 14.4 Å². The maximum atomic E-state index is 12.5. The Morgan fingerprint density at radius 3 is 2.67 bits per heavy atom. The number of furan rings is 1. The van der Waals surface area contributed by atoms with Crippen molar-refractivity contribution in [2.75, 3.05) is 11.9 Å². The number of ether oxygens (including phenoxy) is 1. The average molecular weight is 410 g/mol. The van der Waals surface area contributed by atoms with Gasteiger partial charge in [-0.05, 0) is 61.3 Å². The Hall–Kier alpha value is -3.09. The van der Waals surface area contributed by atoms with Crippen molar-refractivity contribution in [3.8, 4) is 0 Å². The normalized spacial score (nSPS) is 21.9. The monoisotopic (exact) mass is 410 g/mol. The summed E-state index contributed by atoms with van der Waals surface area (Å²) in [6.45, 7) is -0.114. The van der Waals surface area contributed by atoms with Crippen LogP contribution in [-0.4, -0.2) is 24.4 Å². The molecule has 1 heterocycles. The summed E-state index contributed by atoms with van der Waals surface area (Å²) >= 11 is 0. The van der Waals surface area contributed by atoms with E-state index in [1.54, 1.807) is 36.4 Å². The smallest absolute Gasteiger partial charge is 0.306 e. The van der Waals surface area contributed by atoms with Crippen LogP contribution in [0.5, 0.6) is 0 Å². The molecular formula is C23H26N2O5. The highest BCUT2D eigenvalue weighted by Gasteiger charge is 2.40. The van der Waals surface area contributed by atoms with Crippen molar-refractivity contribution in [3.63, 3.8) is 0 Å². The molecule has 2 fully saturated rings. The molecule has 2 bridgehead atoms. The minimum atomic E-state index is -0.470. The predicted octanol–water partition coefficient (Wildman–Crippen LogP) is 3.52. The van der Waals surface area contributed by atoms with E-state index in [-0.39, 0.29) is 25.0 Å². The molecule has 2 saturated carbocycles. The van der Waals surface area contributed by atoms with E-state index in [9.17, 15) is 14.4 Å². The van der Waals surface area contributed by atoms with E-state index < -0.39 is 5.91 Å². The number of para-hydroxylation sites is 1. The minimum Gasteiger partial charge on any atom is -0.467 e. The standard InChI is InChI=1S/C23H26N2O5/c26-21(14-30-22(27)12-17-11-15-7-8-16(17)10-15)25-20-6-2-1-5-19(20)23(28)24-13-18-4-3-9-29-18/h1-6,9,15-17H,7-8,10-14H2,(H,24,28)(H,25,26)/t15-,16-,17+/m1/s1. The van der Waals surface area contributed by atoms with Gasteiger partial charge >= 0.3 is 5.97 Å². The van der Waals surface area contributed by atoms with Gasteiger partial charge in [0.05, 0.1) is 24.1 Å². The molecule has 2 amide bonds. The maximum absolute atomic E-state index is 12.5. The number of nitrogens with one attached hydrogen (secondary N) is 2. The van der Waals surface area contributed by atoms with E-state index in [2.05, 4.69) is 10.6 Å². The second-order valence-corrected chi connectivity index (χ2v) is 8.16. The first-order valence-corrected chi connectivity index (χ1v) is 10.4. The molecule has 1 aromatic carbocycles. The van der Waals surface area contributed by atoms with Gasteiger partial charge in [-0.15, -0.1) is 0 Å². The average Bonchev–Trinajstić information content (AvgIpc) is 3.49. The number of carbonyl (C=O) groups excluding carboxylic acids is 3. The molecule has 2 aliphatic rings. The van der Waals surface area contributed by atoms with Gasteiger partial charge in [-0.2, -0.15) is 0 Å². The molecule has 158 valence electrons. The van der Waals surface area contributed by atoms with Crippen LogP contribution in [0.25, 0.3) is 0 Å². The Morgan fingerprint density at radius 2 is 1.93 bits per heavy atom. The lowest BCUT2D eigenvalue weighted by Crippen LogP contribution is -2.26. The first-order valence-electron chi connectivity index (χ1n) is 10.4. The lowest BCUT2D eigenvalue weighted by molar-refractivity contribution is -0.148. The van der Waals surface area contributed by atoms with Gasteiger partial charge < -0.3 is 19.8 Å². The van der Waals surface area contributed by atoms with Crippen molar-refractivity contribution in [3.05, 3.63) is 54.0 Å². The molecular weight excluding hydrogens is 384 g/mol. The van der Waals surface area contributed by atoms with Crippen LogP contribution in [0.3, 0.4) is 0 Å². The number of hydrogen-bond donors (Lipinski definition) is 2. The van der Waals surface area contributed by atoms with Crippen molar-refractivity contribution >= 4 is 23.5 Å². The molecule has 30 heavy (non-hydrogen) atoms.